The van der Waals surface area contributed by atoms with Gasteiger partial charge in [0.2, 0.25) is 5.95 Å². The molecule has 2 N–H and O–H groups in total. The molecule has 1 heterocycles. The molecule has 0 fully saturated rings. The van der Waals surface area contributed by atoms with Gasteiger partial charge < -0.3 is 15.4 Å². The van der Waals surface area contributed by atoms with E-state index >= 15 is 0 Å². The van der Waals surface area contributed by atoms with Crippen LogP contribution in [0.2, 0.25) is 0 Å². The molecule has 3 aromatic carbocycles. The van der Waals surface area contributed by atoms with Crippen molar-refractivity contribution in [2.24, 2.45) is 0 Å². The molecular formula is C21H15F2N5O. The van der Waals surface area contributed by atoms with E-state index in [0.29, 0.717) is 28.7 Å². The summed E-state index contributed by atoms with van der Waals surface area (Å²) in [4.78, 5) is 4.30. The smallest absolute Gasteiger partial charge is 0.249 e. The molecule has 0 spiro atoms. The second kappa shape index (κ2) is 8.30. The van der Waals surface area contributed by atoms with Gasteiger partial charge in [-0.25, -0.2) is 8.78 Å². The fourth-order valence-corrected chi connectivity index (χ4v) is 2.53. The number of nitrogens with one attached hydrogen (secondary N) is 2. The Labute approximate surface area is 165 Å². The van der Waals surface area contributed by atoms with Crippen molar-refractivity contribution >= 4 is 23.1 Å². The van der Waals surface area contributed by atoms with Crippen LogP contribution in [0, 0.1) is 11.6 Å². The van der Waals surface area contributed by atoms with Gasteiger partial charge in [0.15, 0.2) is 23.2 Å². The average molecular weight is 391 g/mol. The Hall–Kier alpha value is -4.07. The van der Waals surface area contributed by atoms with Crippen molar-refractivity contribution in [3.8, 4) is 11.5 Å². The first-order valence-electron chi connectivity index (χ1n) is 8.68. The second-order valence-electron chi connectivity index (χ2n) is 5.96. The predicted molar refractivity (Wildman–Crippen MR) is 106 cm³/mol. The van der Waals surface area contributed by atoms with Crippen LogP contribution in [-0.2, 0) is 0 Å². The van der Waals surface area contributed by atoms with E-state index in [0.717, 1.165) is 12.1 Å². The Morgan fingerprint density at radius 1 is 0.793 bits per heavy atom. The maximum absolute atomic E-state index is 13.4. The van der Waals surface area contributed by atoms with Crippen molar-refractivity contribution in [2.45, 2.75) is 0 Å². The van der Waals surface area contributed by atoms with Gasteiger partial charge in [-0.15, -0.1) is 5.10 Å². The molecule has 0 aliphatic heterocycles. The van der Waals surface area contributed by atoms with E-state index in [1.165, 1.54) is 12.3 Å². The molecule has 0 saturated carbocycles. The van der Waals surface area contributed by atoms with Gasteiger partial charge in [-0.1, -0.05) is 30.3 Å². The summed E-state index contributed by atoms with van der Waals surface area (Å²) < 4.78 is 32.4. The lowest BCUT2D eigenvalue weighted by Crippen LogP contribution is -2.03. The van der Waals surface area contributed by atoms with Crippen molar-refractivity contribution in [2.75, 3.05) is 10.6 Å². The highest BCUT2D eigenvalue weighted by Gasteiger charge is 2.09. The van der Waals surface area contributed by atoms with Crippen LogP contribution < -0.4 is 15.4 Å². The molecule has 0 radical (unpaired) electrons. The van der Waals surface area contributed by atoms with E-state index in [4.69, 9.17) is 4.74 Å². The Kier molecular flexibility index (Phi) is 5.24. The molecular weight excluding hydrogens is 376 g/mol. The first kappa shape index (κ1) is 18.3. The van der Waals surface area contributed by atoms with E-state index in [1.54, 1.807) is 0 Å². The van der Waals surface area contributed by atoms with Gasteiger partial charge in [0, 0.05) is 11.8 Å². The van der Waals surface area contributed by atoms with E-state index < -0.39 is 11.6 Å². The molecule has 0 amide bonds. The highest BCUT2D eigenvalue weighted by atomic mass is 19.2. The first-order chi connectivity index (χ1) is 14.2. The van der Waals surface area contributed by atoms with Gasteiger partial charge in [0.05, 0.1) is 11.9 Å². The lowest BCUT2D eigenvalue weighted by atomic mass is 10.3. The summed E-state index contributed by atoms with van der Waals surface area (Å²) >= 11 is 0. The molecule has 0 aliphatic rings. The monoisotopic (exact) mass is 391 g/mol. The highest BCUT2D eigenvalue weighted by molar-refractivity contribution is 5.64. The summed E-state index contributed by atoms with van der Waals surface area (Å²) in [5.74, 6) is -0.0800. The minimum absolute atomic E-state index is 0.210. The third kappa shape index (κ3) is 4.62. The Morgan fingerprint density at radius 2 is 1.59 bits per heavy atom. The number of rotatable bonds is 6. The number of anilines is 4. The number of hydrogen-bond donors (Lipinski definition) is 2. The zero-order valence-corrected chi connectivity index (χ0v) is 15.0. The Bertz CT molecular complexity index is 1120. The van der Waals surface area contributed by atoms with Crippen LogP contribution >= 0.6 is 0 Å². The first-order valence-corrected chi connectivity index (χ1v) is 8.68. The van der Waals surface area contributed by atoms with Gasteiger partial charge in [-0.3, -0.25) is 0 Å². The van der Waals surface area contributed by atoms with Gasteiger partial charge in [0.1, 0.15) is 5.75 Å². The molecule has 0 saturated heterocycles. The number of halogens is 2. The predicted octanol–water partition coefficient (Wildman–Crippen LogP) is 5.43. The van der Waals surface area contributed by atoms with Crippen LogP contribution in [0.15, 0.2) is 79.0 Å². The van der Waals surface area contributed by atoms with Gasteiger partial charge >= 0.3 is 0 Å². The fourth-order valence-electron chi connectivity index (χ4n) is 2.53. The summed E-state index contributed by atoms with van der Waals surface area (Å²) in [6.07, 6.45) is 1.37. The summed E-state index contributed by atoms with van der Waals surface area (Å²) in [6, 6.07) is 20.2. The van der Waals surface area contributed by atoms with Crippen LogP contribution in [0.5, 0.6) is 11.5 Å². The minimum Gasteiger partial charge on any atom is -0.455 e. The lowest BCUT2D eigenvalue weighted by molar-refractivity contribution is 0.485. The lowest BCUT2D eigenvalue weighted by Gasteiger charge is -2.12. The maximum Gasteiger partial charge on any atom is 0.249 e. The quantitative estimate of drug-likeness (QED) is 0.457. The molecule has 4 aromatic rings. The van der Waals surface area contributed by atoms with Crippen molar-refractivity contribution in [3.63, 3.8) is 0 Å². The molecule has 4 rings (SSSR count). The number of hydrogen-bond acceptors (Lipinski definition) is 6. The largest absolute Gasteiger partial charge is 0.455 e. The van der Waals surface area contributed by atoms with Gasteiger partial charge in [0.25, 0.3) is 0 Å². The van der Waals surface area contributed by atoms with Gasteiger partial charge in [-0.2, -0.15) is 10.1 Å². The van der Waals surface area contributed by atoms with Crippen molar-refractivity contribution in [1.29, 1.82) is 0 Å². The van der Waals surface area contributed by atoms with Crippen LogP contribution in [-0.4, -0.2) is 15.2 Å². The van der Waals surface area contributed by atoms with E-state index in [2.05, 4.69) is 25.8 Å². The molecule has 0 aliphatic carbocycles. The molecule has 0 unspecified atom stereocenters. The van der Waals surface area contributed by atoms with Crippen LogP contribution in [0.3, 0.4) is 0 Å². The topological polar surface area (TPSA) is 72.0 Å². The van der Waals surface area contributed by atoms with Crippen molar-refractivity contribution in [3.05, 3.63) is 90.6 Å². The van der Waals surface area contributed by atoms with E-state index in [9.17, 15) is 8.78 Å². The number of nitrogens with zero attached hydrogens (tertiary/aromatic N) is 3. The minimum atomic E-state index is -0.956. The van der Waals surface area contributed by atoms with Crippen LogP contribution in [0.25, 0.3) is 0 Å². The molecule has 29 heavy (non-hydrogen) atoms. The highest BCUT2D eigenvalue weighted by Crippen LogP contribution is 2.30. The fraction of sp³-hybridized carbons (Fsp3) is 0. The standard InChI is InChI=1S/C21H15F2N5O/c22-16-11-10-14(12-17(16)23)25-20-13-24-28-21(27-20)26-18-8-4-5-9-19(18)29-15-6-2-1-3-7-15/h1-13H,(H2,25,26,27,28). The second-order valence-corrected chi connectivity index (χ2v) is 5.96. The van der Waals surface area contributed by atoms with E-state index in [1.807, 2.05) is 54.6 Å². The maximum atomic E-state index is 13.4. The molecule has 6 nitrogen and oxygen atoms in total. The van der Waals surface area contributed by atoms with Gasteiger partial charge in [-0.05, 0) is 36.4 Å². The van der Waals surface area contributed by atoms with Crippen LogP contribution in [0.1, 0.15) is 0 Å². The SMILES string of the molecule is Fc1ccc(Nc2cnnc(Nc3ccccc3Oc3ccccc3)n2)cc1F. The third-order valence-electron chi connectivity index (χ3n) is 3.86. The summed E-state index contributed by atoms with van der Waals surface area (Å²) in [7, 11) is 0. The normalized spacial score (nSPS) is 10.4. The van der Waals surface area contributed by atoms with Crippen molar-refractivity contribution < 1.29 is 13.5 Å². The zero-order chi connectivity index (χ0) is 20.1. The summed E-state index contributed by atoms with van der Waals surface area (Å²) in [5, 5.41) is 13.8. The number of para-hydroxylation sites is 3. The Morgan fingerprint density at radius 3 is 2.41 bits per heavy atom. The van der Waals surface area contributed by atoms with Crippen LogP contribution in [0.4, 0.5) is 31.9 Å². The van der Waals surface area contributed by atoms with Crippen molar-refractivity contribution in [1.82, 2.24) is 15.2 Å². The molecule has 1 aromatic heterocycles. The summed E-state index contributed by atoms with van der Waals surface area (Å²) in [5.41, 5.74) is 0.978. The Balaban J connectivity index is 1.53. The number of benzene rings is 3. The number of aromatic nitrogens is 3. The molecule has 0 bridgehead atoms. The zero-order valence-electron chi connectivity index (χ0n) is 15.0. The number of ether oxygens (including phenoxy) is 1. The molecule has 8 heteroatoms. The molecule has 0 atom stereocenters. The molecule has 144 valence electrons. The average Bonchev–Trinajstić information content (AvgIpc) is 2.73. The summed E-state index contributed by atoms with van der Waals surface area (Å²) in [6.45, 7) is 0. The van der Waals surface area contributed by atoms with E-state index in [-0.39, 0.29) is 5.95 Å². The third-order valence-corrected chi connectivity index (χ3v) is 3.86.